The van der Waals surface area contributed by atoms with Gasteiger partial charge in [0.1, 0.15) is 11.6 Å². The molecule has 0 saturated carbocycles. The van der Waals surface area contributed by atoms with Gasteiger partial charge in [0, 0.05) is 4.91 Å². The molecule has 0 atom stereocenters. The number of azide groups is 1. The first-order chi connectivity index (χ1) is 6.27. The second kappa shape index (κ2) is 4.33. The van der Waals surface area contributed by atoms with E-state index in [9.17, 15) is 4.39 Å². The summed E-state index contributed by atoms with van der Waals surface area (Å²) < 4.78 is 17.8. The lowest BCUT2D eigenvalue weighted by molar-refractivity contribution is 0.341. The number of halogens is 1. The minimum Gasteiger partial charge on any atom is -0.493 e. The largest absolute Gasteiger partial charge is 0.493 e. The molecule has 13 heavy (non-hydrogen) atoms. The van der Waals surface area contributed by atoms with E-state index in [-0.39, 0.29) is 5.69 Å². The first kappa shape index (κ1) is 9.35. The fourth-order valence-electron chi connectivity index (χ4n) is 0.894. The average Bonchev–Trinajstić information content (AvgIpc) is 2.10. The average molecular weight is 181 g/mol. The van der Waals surface area contributed by atoms with E-state index in [4.69, 9.17) is 10.3 Å². The van der Waals surface area contributed by atoms with Crippen LogP contribution < -0.4 is 4.74 Å². The smallest absolute Gasteiger partial charge is 0.129 e. The van der Waals surface area contributed by atoms with Crippen LogP contribution in [0, 0.1) is 5.82 Å². The molecule has 0 bridgehead atoms. The molecule has 0 aliphatic carbocycles. The van der Waals surface area contributed by atoms with Crippen LogP contribution in [0.25, 0.3) is 10.4 Å². The van der Waals surface area contributed by atoms with Gasteiger partial charge in [-0.1, -0.05) is 5.11 Å². The molecule has 0 spiro atoms. The van der Waals surface area contributed by atoms with Crippen molar-refractivity contribution in [3.8, 4) is 5.75 Å². The van der Waals surface area contributed by atoms with Gasteiger partial charge in [-0.15, -0.1) is 0 Å². The highest BCUT2D eigenvalue weighted by Crippen LogP contribution is 2.28. The Balaban J connectivity index is 3.10. The summed E-state index contributed by atoms with van der Waals surface area (Å²) in [5.74, 6) is -0.0625. The van der Waals surface area contributed by atoms with Crippen LogP contribution in [0.15, 0.2) is 23.3 Å². The van der Waals surface area contributed by atoms with E-state index < -0.39 is 5.82 Å². The second-order valence-corrected chi connectivity index (χ2v) is 2.23. The molecule has 0 heterocycles. The lowest BCUT2D eigenvalue weighted by Crippen LogP contribution is -1.91. The minimum atomic E-state index is -0.453. The van der Waals surface area contributed by atoms with Gasteiger partial charge in [-0.2, -0.15) is 0 Å². The Morgan fingerprint density at radius 3 is 3.00 bits per heavy atom. The van der Waals surface area contributed by atoms with Crippen LogP contribution in [-0.4, -0.2) is 6.61 Å². The molecule has 1 rings (SSSR count). The lowest BCUT2D eigenvalue weighted by Gasteiger charge is -2.05. The Morgan fingerprint density at radius 2 is 2.38 bits per heavy atom. The van der Waals surface area contributed by atoms with Gasteiger partial charge in [-0.05, 0) is 30.7 Å². The van der Waals surface area contributed by atoms with Gasteiger partial charge in [0.15, 0.2) is 0 Å². The molecule has 0 fully saturated rings. The molecular weight excluding hydrogens is 173 g/mol. The Kier molecular flexibility index (Phi) is 3.11. The number of hydrogen-bond acceptors (Lipinski definition) is 2. The maximum atomic E-state index is 12.7. The van der Waals surface area contributed by atoms with E-state index in [1.165, 1.54) is 12.1 Å². The van der Waals surface area contributed by atoms with E-state index >= 15 is 0 Å². The standard InChI is InChI=1S/C8H8FN3O/c1-2-13-8-4-3-6(9)5-7(8)11-12-10/h3-5H,2H2,1H3. The maximum absolute atomic E-state index is 12.7. The molecule has 0 amide bonds. The number of hydrogen-bond donors (Lipinski definition) is 0. The van der Waals surface area contributed by atoms with Gasteiger partial charge >= 0.3 is 0 Å². The molecule has 0 unspecified atom stereocenters. The first-order valence-corrected chi connectivity index (χ1v) is 3.75. The van der Waals surface area contributed by atoms with Crippen molar-refractivity contribution in [3.05, 3.63) is 34.5 Å². The highest BCUT2D eigenvalue weighted by Gasteiger charge is 2.02. The van der Waals surface area contributed by atoms with Crippen LogP contribution in [0.5, 0.6) is 5.75 Å². The van der Waals surface area contributed by atoms with Gasteiger partial charge < -0.3 is 4.74 Å². The number of benzene rings is 1. The fraction of sp³-hybridized carbons (Fsp3) is 0.250. The van der Waals surface area contributed by atoms with Crippen molar-refractivity contribution in [2.75, 3.05) is 6.61 Å². The summed E-state index contributed by atoms with van der Waals surface area (Å²) >= 11 is 0. The lowest BCUT2D eigenvalue weighted by atomic mass is 10.3. The van der Waals surface area contributed by atoms with Crippen molar-refractivity contribution in [1.29, 1.82) is 0 Å². The van der Waals surface area contributed by atoms with Crippen LogP contribution in [0.2, 0.25) is 0 Å². The zero-order chi connectivity index (χ0) is 9.68. The van der Waals surface area contributed by atoms with Crippen molar-refractivity contribution in [3.63, 3.8) is 0 Å². The minimum absolute atomic E-state index is 0.171. The molecule has 0 aliphatic heterocycles. The molecule has 0 aliphatic rings. The van der Waals surface area contributed by atoms with E-state index in [0.29, 0.717) is 12.4 Å². The third-order valence-electron chi connectivity index (χ3n) is 1.37. The van der Waals surface area contributed by atoms with Crippen molar-refractivity contribution >= 4 is 5.69 Å². The van der Waals surface area contributed by atoms with Gasteiger partial charge in [0.2, 0.25) is 0 Å². The van der Waals surface area contributed by atoms with Crippen LogP contribution in [0.1, 0.15) is 6.92 Å². The van der Waals surface area contributed by atoms with E-state index in [2.05, 4.69) is 10.0 Å². The highest BCUT2D eigenvalue weighted by atomic mass is 19.1. The van der Waals surface area contributed by atoms with Gasteiger partial charge in [-0.25, -0.2) is 4.39 Å². The zero-order valence-corrected chi connectivity index (χ0v) is 7.07. The van der Waals surface area contributed by atoms with Crippen LogP contribution in [0.4, 0.5) is 10.1 Å². The van der Waals surface area contributed by atoms with Crippen LogP contribution in [0.3, 0.4) is 0 Å². The molecule has 0 aromatic heterocycles. The summed E-state index contributed by atoms with van der Waals surface area (Å²) in [4.78, 5) is 2.57. The monoisotopic (exact) mass is 181 g/mol. The van der Waals surface area contributed by atoms with Gasteiger partial charge in [0.05, 0.1) is 12.3 Å². The molecule has 1 aromatic carbocycles. The first-order valence-electron chi connectivity index (χ1n) is 3.75. The predicted octanol–water partition coefficient (Wildman–Crippen LogP) is 3.17. The predicted molar refractivity (Wildman–Crippen MR) is 46.4 cm³/mol. The summed E-state index contributed by atoms with van der Waals surface area (Å²) in [5, 5.41) is 3.30. The van der Waals surface area contributed by atoms with E-state index in [1.807, 2.05) is 0 Å². The van der Waals surface area contributed by atoms with Gasteiger partial charge in [-0.3, -0.25) is 0 Å². The fourth-order valence-corrected chi connectivity index (χ4v) is 0.894. The normalized spacial score (nSPS) is 9.08. The number of ether oxygens (including phenoxy) is 1. The molecule has 0 saturated heterocycles. The Labute approximate surface area is 74.6 Å². The second-order valence-electron chi connectivity index (χ2n) is 2.23. The topological polar surface area (TPSA) is 58.0 Å². The number of nitrogens with zero attached hydrogens (tertiary/aromatic N) is 3. The highest BCUT2D eigenvalue weighted by molar-refractivity contribution is 5.51. The van der Waals surface area contributed by atoms with Crippen molar-refractivity contribution in [1.82, 2.24) is 0 Å². The third-order valence-corrected chi connectivity index (χ3v) is 1.37. The third kappa shape index (κ3) is 2.35. The van der Waals surface area contributed by atoms with Crippen molar-refractivity contribution in [2.24, 2.45) is 5.11 Å². The summed E-state index contributed by atoms with van der Waals surface area (Å²) in [6, 6.07) is 3.81. The van der Waals surface area contributed by atoms with E-state index in [0.717, 1.165) is 6.07 Å². The molecular formula is C8H8FN3O. The van der Waals surface area contributed by atoms with Crippen LogP contribution >= 0.6 is 0 Å². The summed E-state index contributed by atoms with van der Waals surface area (Å²) in [7, 11) is 0. The Hall–Kier alpha value is -1.74. The quantitative estimate of drug-likeness (QED) is 0.401. The zero-order valence-electron chi connectivity index (χ0n) is 7.07. The van der Waals surface area contributed by atoms with Crippen molar-refractivity contribution in [2.45, 2.75) is 6.92 Å². The van der Waals surface area contributed by atoms with Crippen LogP contribution in [-0.2, 0) is 0 Å². The Morgan fingerprint density at radius 1 is 1.62 bits per heavy atom. The summed E-state index contributed by atoms with van der Waals surface area (Å²) in [6.07, 6.45) is 0. The SMILES string of the molecule is CCOc1ccc(F)cc1N=[N+]=[N-]. The summed E-state index contributed by atoms with van der Waals surface area (Å²) in [5.41, 5.74) is 8.35. The Bertz CT molecular complexity index is 347. The summed E-state index contributed by atoms with van der Waals surface area (Å²) in [6.45, 7) is 2.24. The van der Waals surface area contributed by atoms with Gasteiger partial charge in [0.25, 0.3) is 0 Å². The molecule has 0 radical (unpaired) electrons. The molecule has 0 N–H and O–H groups in total. The molecule has 5 heteroatoms. The maximum Gasteiger partial charge on any atom is 0.129 e. The molecule has 1 aromatic rings. The van der Waals surface area contributed by atoms with E-state index in [1.54, 1.807) is 6.92 Å². The molecule has 4 nitrogen and oxygen atoms in total. The number of rotatable bonds is 3. The molecule has 68 valence electrons. The van der Waals surface area contributed by atoms with Crippen molar-refractivity contribution < 1.29 is 9.13 Å².